The zero-order valence-corrected chi connectivity index (χ0v) is 34.7. The van der Waals surface area contributed by atoms with Crippen molar-refractivity contribution in [1.82, 2.24) is 0 Å². The van der Waals surface area contributed by atoms with E-state index in [1.807, 2.05) is 21.1 Å². The molecule has 0 fully saturated rings. The second-order valence-corrected chi connectivity index (χ2v) is 16.1. The van der Waals surface area contributed by atoms with Crippen LogP contribution in [0.5, 0.6) is 0 Å². The number of allylic oxidation sites excluding steroid dienone is 8. The van der Waals surface area contributed by atoms with E-state index in [0.717, 1.165) is 64.2 Å². The maximum absolute atomic E-state index is 12.6. The van der Waals surface area contributed by atoms with Gasteiger partial charge in [-0.1, -0.05) is 140 Å². The van der Waals surface area contributed by atoms with Crippen LogP contribution in [-0.4, -0.2) is 74.9 Å². The predicted molar refractivity (Wildman–Crippen MR) is 215 cm³/mol. The molecule has 0 aromatic carbocycles. The van der Waals surface area contributed by atoms with Gasteiger partial charge < -0.3 is 18.9 Å². The third-order valence-electron chi connectivity index (χ3n) is 8.34. The Labute approximate surface area is 318 Å². The molecule has 0 amide bonds. The van der Waals surface area contributed by atoms with Crippen LogP contribution in [0.15, 0.2) is 48.6 Å². The normalized spacial score (nSPS) is 14.2. The Bertz CT molecular complexity index is 1030. The number of carbonyl (C=O) groups excluding carboxylic acids is 2. The summed E-state index contributed by atoms with van der Waals surface area (Å²) < 4.78 is 34.2. The SMILES string of the molecule is CCC/C=C/C/C=C/C/C=C/C/C=C/CCCCCC(=O)O[C@H](COC(=O)CCCCCCCCCCCCC)COP(=O)(O)OCC[N+](C)(C)C. The van der Waals surface area contributed by atoms with Crippen molar-refractivity contribution in [2.75, 3.05) is 47.5 Å². The predicted octanol–water partition coefficient (Wildman–Crippen LogP) is 11.1. The van der Waals surface area contributed by atoms with Crippen LogP contribution < -0.4 is 0 Å². The van der Waals surface area contributed by atoms with Crippen molar-refractivity contribution in [3.05, 3.63) is 48.6 Å². The number of carbonyl (C=O) groups is 2. The molecular weight excluding hydrogens is 677 g/mol. The summed E-state index contributed by atoms with van der Waals surface area (Å²) in [6.45, 7) is 4.29. The van der Waals surface area contributed by atoms with Crippen molar-refractivity contribution in [2.24, 2.45) is 0 Å². The van der Waals surface area contributed by atoms with Crippen LogP contribution in [0.2, 0.25) is 0 Å². The molecule has 1 unspecified atom stereocenters. The molecule has 0 aromatic rings. The van der Waals surface area contributed by atoms with Gasteiger partial charge in [0.2, 0.25) is 0 Å². The van der Waals surface area contributed by atoms with E-state index in [-0.39, 0.29) is 32.0 Å². The zero-order valence-electron chi connectivity index (χ0n) is 33.8. The first-order chi connectivity index (χ1) is 25.0. The van der Waals surface area contributed by atoms with Gasteiger partial charge in [0, 0.05) is 12.8 Å². The molecule has 302 valence electrons. The highest BCUT2D eigenvalue weighted by Crippen LogP contribution is 2.43. The lowest BCUT2D eigenvalue weighted by molar-refractivity contribution is -0.870. The highest BCUT2D eigenvalue weighted by Gasteiger charge is 2.27. The van der Waals surface area contributed by atoms with Crippen molar-refractivity contribution in [3.8, 4) is 0 Å². The van der Waals surface area contributed by atoms with Gasteiger partial charge in [-0.3, -0.25) is 18.6 Å². The molecule has 52 heavy (non-hydrogen) atoms. The number of quaternary nitrogens is 1. The second-order valence-electron chi connectivity index (χ2n) is 14.7. The Hall–Kier alpha value is -2.03. The van der Waals surface area contributed by atoms with E-state index in [9.17, 15) is 19.0 Å². The molecule has 0 aliphatic carbocycles. The van der Waals surface area contributed by atoms with Crippen LogP contribution in [0.25, 0.3) is 0 Å². The lowest BCUT2D eigenvalue weighted by Gasteiger charge is -2.24. The Morgan fingerprint density at radius 3 is 1.62 bits per heavy atom. The van der Waals surface area contributed by atoms with E-state index >= 15 is 0 Å². The molecule has 1 N–H and O–H groups in total. The third kappa shape index (κ3) is 37.7. The van der Waals surface area contributed by atoms with E-state index in [0.29, 0.717) is 17.4 Å². The zero-order chi connectivity index (χ0) is 38.6. The Balaban J connectivity index is 4.47. The van der Waals surface area contributed by atoms with Crippen LogP contribution in [0.3, 0.4) is 0 Å². The van der Waals surface area contributed by atoms with Gasteiger partial charge in [0.1, 0.15) is 19.8 Å². The molecule has 0 heterocycles. The summed E-state index contributed by atoms with van der Waals surface area (Å²) in [7, 11) is 1.45. The summed E-state index contributed by atoms with van der Waals surface area (Å²) in [5.74, 6) is -0.838. The number of ether oxygens (including phenoxy) is 2. The fourth-order valence-corrected chi connectivity index (χ4v) is 5.86. The van der Waals surface area contributed by atoms with Crippen LogP contribution >= 0.6 is 7.82 Å². The average molecular weight is 755 g/mol. The summed E-state index contributed by atoms with van der Waals surface area (Å²) in [5.41, 5.74) is 0. The van der Waals surface area contributed by atoms with Crippen molar-refractivity contribution in [2.45, 2.75) is 161 Å². The summed E-state index contributed by atoms with van der Waals surface area (Å²) in [5, 5.41) is 0. The number of phosphoric acid groups is 1. The minimum absolute atomic E-state index is 0.0244. The molecule has 0 rings (SSSR count). The van der Waals surface area contributed by atoms with Crippen LogP contribution in [0, 0.1) is 0 Å². The number of nitrogens with zero attached hydrogens (tertiary/aromatic N) is 1. The van der Waals surface area contributed by atoms with E-state index in [1.54, 1.807) is 0 Å². The van der Waals surface area contributed by atoms with Gasteiger partial charge in [-0.25, -0.2) is 4.57 Å². The van der Waals surface area contributed by atoms with Gasteiger partial charge in [0.15, 0.2) is 6.10 Å². The van der Waals surface area contributed by atoms with E-state index < -0.39 is 26.5 Å². The molecule has 0 spiro atoms. The minimum Gasteiger partial charge on any atom is -0.462 e. The third-order valence-corrected chi connectivity index (χ3v) is 9.33. The monoisotopic (exact) mass is 755 g/mol. The van der Waals surface area contributed by atoms with Crippen LogP contribution in [-0.2, 0) is 32.7 Å². The maximum Gasteiger partial charge on any atom is 0.472 e. The lowest BCUT2D eigenvalue weighted by atomic mass is 10.1. The average Bonchev–Trinajstić information content (AvgIpc) is 3.09. The molecular formula is C42H77NO8P+. The van der Waals surface area contributed by atoms with Crippen molar-refractivity contribution in [1.29, 1.82) is 0 Å². The standard InChI is InChI=1S/C42H76NO8P/c1-6-8-10-12-14-16-18-19-20-21-22-23-25-27-29-31-33-35-42(45)51-40(39-50-52(46,47)49-37-36-43(3,4)5)38-48-41(44)34-32-30-28-26-24-17-15-13-11-9-7-2/h10,12,16,18,20-21,23,25,40H,6-9,11,13-15,17,19,22,24,26-39H2,1-5H3/p+1/b12-10+,18-16+,21-20+,25-23+/t40-/m1/s1. The molecule has 0 aliphatic rings. The molecule has 0 saturated carbocycles. The van der Waals surface area contributed by atoms with Crippen molar-refractivity contribution in [3.63, 3.8) is 0 Å². The summed E-state index contributed by atoms with van der Waals surface area (Å²) in [4.78, 5) is 35.2. The smallest absolute Gasteiger partial charge is 0.462 e. The van der Waals surface area contributed by atoms with Gasteiger partial charge in [0.25, 0.3) is 0 Å². The number of esters is 2. The number of rotatable bonds is 36. The van der Waals surface area contributed by atoms with Crippen LogP contribution in [0.4, 0.5) is 0 Å². The summed E-state index contributed by atoms with van der Waals surface area (Å²) >= 11 is 0. The highest BCUT2D eigenvalue weighted by molar-refractivity contribution is 7.47. The fourth-order valence-electron chi connectivity index (χ4n) is 5.12. The maximum atomic E-state index is 12.6. The van der Waals surface area contributed by atoms with Crippen molar-refractivity contribution < 1.29 is 42.1 Å². The number of unbranched alkanes of at least 4 members (excludes halogenated alkanes) is 14. The quantitative estimate of drug-likeness (QED) is 0.0221. The topological polar surface area (TPSA) is 108 Å². The summed E-state index contributed by atoms with van der Waals surface area (Å²) in [6, 6.07) is 0. The van der Waals surface area contributed by atoms with Gasteiger partial charge >= 0.3 is 19.8 Å². The number of hydrogen-bond acceptors (Lipinski definition) is 7. The molecule has 2 atom stereocenters. The number of hydrogen-bond donors (Lipinski definition) is 1. The molecule has 9 nitrogen and oxygen atoms in total. The largest absolute Gasteiger partial charge is 0.472 e. The first-order valence-electron chi connectivity index (χ1n) is 20.4. The minimum atomic E-state index is -4.38. The lowest BCUT2D eigenvalue weighted by Crippen LogP contribution is -2.37. The Kier molecular flexibility index (Phi) is 33.4. The molecule has 0 aliphatic heterocycles. The molecule has 0 radical (unpaired) electrons. The molecule has 0 bridgehead atoms. The van der Waals surface area contributed by atoms with E-state index in [1.165, 1.54) is 57.8 Å². The Morgan fingerprint density at radius 2 is 1.08 bits per heavy atom. The molecule has 0 saturated heterocycles. The van der Waals surface area contributed by atoms with Gasteiger partial charge in [-0.15, -0.1) is 0 Å². The van der Waals surface area contributed by atoms with Crippen molar-refractivity contribution >= 4 is 19.8 Å². The number of phosphoric ester groups is 1. The highest BCUT2D eigenvalue weighted by atomic mass is 31.2. The first kappa shape index (κ1) is 50.0. The van der Waals surface area contributed by atoms with E-state index in [4.69, 9.17) is 18.5 Å². The van der Waals surface area contributed by atoms with E-state index in [2.05, 4.69) is 62.5 Å². The number of likely N-dealkylation sites (N-methyl/N-ethyl adjacent to an activating group) is 1. The van der Waals surface area contributed by atoms with Gasteiger partial charge in [0.05, 0.1) is 27.7 Å². The summed E-state index contributed by atoms with van der Waals surface area (Å²) in [6.07, 6.45) is 38.7. The molecule has 0 aromatic heterocycles. The molecule has 10 heteroatoms. The fraction of sp³-hybridized carbons (Fsp3) is 0.762. The van der Waals surface area contributed by atoms with Gasteiger partial charge in [-0.05, 0) is 51.4 Å². The van der Waals surface area contributed by atoms with Gasteiger partial charge in [-0.2, -0.15) is 0 Å². The Morgan fingerprint density at radius 1 is 0.596 bits per heavy atom. The van der Waals surface area contributed by atoms with Crippen LogP contribution in [0.1, 0.15) is 155 Å². The second kappa shape index (κ2) is 34.7. The first-order valence-corrected chi connectivity index (χ1v) is 21.9.